The topological polar surface area (TPSA) is 58.0 Å². The first-order valence-electron chi connectivity index (χ1n) is 10.1. The van der Waals surface area contributed by atoms with Crippen molar-refractivity contribution in [3.05, 3.63) is 83.6 Å². The van der Waals surface area contributed by atoms with E-state index in [9.17, 15) is 18.3 Å². The van der Waals surface area contributed by atoms with Gasteiger partial charge < -0.3 is 10.4 Å². The maximum absolute atomic E-state index is 13.4. The molecule has 8 heteroatoms. The summed E-state index contributed by atoms with van der Waals surface area (Å²) in [6.45, 7) is 0. The molecule has 0 saturated heterocycles. The molecule has 0 saturated carbocycles. The molecule has 1 aliphatic rings. The van der Waals surface area contributed by atoms with Crippen molar-refractivity contribution in [3.8, 4) is 5.75 Å². The number of nitrogens with one attached hydrogen (secondary N) is 1. The molecule has 2 N–H and O–H groups in total. The van der Waals surface area contributed by atoms with Crippen LogP contribution in [-0.4, -0.2) is 21.3 Å². The Morgan fingerprint density at radius 2 is 1.91 bits per heavy atom. The van der Waals surface area contributed by atoms with Gasteiger partial charge in [0.2, 0.25) is 0 Å². The Labute approximate surface area is 185 Å². The number of hydrogen-bond donors (Lipinski definition) is 2. The molecule has 0 spiro atoms. The third-order valence-electron chi connectivity index (χ3n) is 5.49. The van der Waals surface area contributed by atoms with Crippen molar-refractivity contribution in [3.63, 3.8) is 0 Å². The standard InChI is InChI=1S/C24H18F3N3OS/c25-24(26,27)16-7-3-5-15(13-16)20(30-23-29-18-8-1-2-9-19(18)32-23)17-11-10-14-6-4-12-28-21(14)22(17)31/h1-2,4,6-13,20,31H,3,5H2,(H,29,30). The van der Waals surface area contributed by atoms with Crippen LogP contribution in [0.5, 0.6) is 5.75 Å². The Hall–Kier alpha value is -3.39. The van der Waals surface area contributed by atoms with Crippen LogP contribution in [0.15, 0.2) is 78.0 Å². The minimum absolute atomic E-state index is 0.0503. The minimum atomic E-state index is -4.43. The molecule has 2 aromatic carbocycles. The predicted octanol–water partition coefficient (Wildman–Crippen LogP) is 6.91. The number of thiazole rings is 1. The smallest absolute Gasteiger partial charge is 0.416 e. The molecule has 0 fully saturated rings. The fourth-order valence-corrected chi connectivity index (χ4v) is 4.85. The summed E-state index contributed by atoms with van der Waals surface area (Å²) >= 11 is 1.42. The number of hydrogen-bond acceptors (Lipinski definition) is 5. The molecule has 32 heavy (non-hydrogen) atoms. The number of nitrogens with zero attached hydrogens (tertiary/aromatic N) is 2. The summed E-state index contributed by atoms with van der Waals surface area (Å²) < 4.78 is 41.3. The number of aromatic nitrogens is 2. The Balaban J connectivity index is 1.63. The number of phenols is 1. The monoisotopic (exact) mass is 453 g/mol. The average molecular weight is 453 g/mol. The lowest BCUT2D eigenvalue weighted by molar-refractivity contribution is -0.0887. The number of halogens is 3. The fourth-order valence-electron chi connectivity index (χ4n) is 3.96. The second-order valence-corrected chi connectivity index (χ2v) is 8.59. The van der Waals surface area contributed by atoms with Crippen LogP contribution >= 0.6 is 11.3 Å². The summed E-state index contributed by atoms with van der Waals surface area (Å²) in [5.41, 5.74) is 1.53. The third kappa shape index (κ3) is 3.82. The lowest BCUT2D eigenvalue weighted by Gasteiger charge is -2.26. The lowest BCUT2D eigenvalue weighted by atomic mass is 9.89. The van der Waals surface area contributed by atoms with Gasteiger partial charge in [0, 0.05) is 17.1 Å². The molecule has 1 unspecified atom stereocenters. The Kier molecular flexibility index (Phi) is 5.09. The number of rotatable bonds is 4. The van der Waals surface area contributed by atoms with Crippen molar-refractivity contribution < 1.29 is 18.3 Å². The Morgan fingerprint density at radius 3 is 2.72 bits per heavy atom. The van der Waals surface area contributed by atoms with Gasteiger partial charge in [-0.15, -0.1) is 0 Å². The predicted molar refractivity (Wildman–Crippen MR) is 121 cm³/mol. The molecule has 0 bridgehead atoms. The van der Waals surface area contributed by atoms with Crippen LogP contribution in [0.4, 0.5) is 18.3 Å². The summed E-state index contributed by atoms with van der Waals surface area (Å²) in [4.78, 5) is 8.84. The van der Waals surface area contributed by atoms with Crippen molar-refractivity contribution in [1.82, 2.24) is 9.97 Å². The van der Waals surface area contributed by atoms with Crippen LogP contribution in [0.3, 0.4) is 0 Å². The van der Waals surface area contributed by atoms with E-state index in [1.165, 1.54) is 23.5 Å². The number of pyridine rings is 1. The largest absolute Gasteiger partial charge is 0.505 e. The molecule has 5 rings (SSSR count). The summed E-state index contributed by atoms with van der Waals surface area (Å²) in [7, 11) is 0. The minimum Gasteiger partial charge on any atom is -0.505 e. The fraction of sp³-hybridized carbons (Fsp3) is 0.167. The number of allylic oxidation sites excluding steroid dienone is 3. The van der Waals surface area contributed by atoms with Crippen LogP contribution in [0.1, 0.15) is 24.4 Å². The van der Waals surface area contributed by atoms with E-state index in [1.54, 1.807) is 18.3 Å². The van der Waals surface area contributed by atoms with E-state index in [0.29, 0.717) is 28.2 Å². The Morgan fingerprint density at radius 1 is 1.06 bits per heavy atom. The number of anilines is 1. The molecular weight excluding hydrogens is 435 g/mol. The van der Waals surface area contributed by atoms with Crippen molar-refractivity contribution in [1.29, 1.82) is 0 Å². The van der Waals surface area contributed by atoms with Gasteiger partial charge in [0.1, 0.15) is 11.3 Å². The highest BCUT2D eigenvalue weighted by Crippen LogP contribution is 2.42. The zero-order valence-corrected chi connectivity index (χ0v) is 17.5. The van der Waals surface area contributed by atoms with Crippen molar-refractivity contribution in [2.45, 2.75) is 25.1 Å². The van der Waals surface area contributed by atoms with E-state index >= 15 is 0 Å². The molecule has 2 aromatic heterocycles. The number of phenolic OH excluding ortho intramolecular Hbond substituents is 1. The number of aromatic hydroxyl groups is 1. The zero-order chi connectivity index (χ0) is 22.3. The van der Waals surface area contributed by atoms with Gasteiger partial charge in [-0.1, -0.05) is 47.7 Å². The van der Waals surface area contributed by atoms with E-state index in [1.807, 2.05) is 36.4 Å². The molecule has 2 heterocycles. The molecule has 4 aromatic rings. The highest BCUT2D eigenvalue weighted by Gasteiger charge is 2.35. The van der Waals surface area contributed by atoms with E-state index in [4.69, 9.17) is 0 Å². The van der Waals surface area contributed by atoms with Gasteiger partial charge in [-0.2, -0.15) is 13.2 Å². The lowest BCUT2D eigenvalue weighted by Crippen LogP contribution is -2.18. The molecule has 1 atom stereocenters. The summed E-state index contributed by atoms with van der Waals surface area (Å²) in [5.74, 6) is -0.0503. The van der Waals surface area contributed by atoms with Gasteiger partial charge in [0.25, 0.3) is 0 Å². The molecule has 0 radical (unpaired) electrons. The van der Waals surface area contributed by atoms with Crippen LogP contribution in [0.2, 0.25) is 0 Å². The van der Waals surface area contributed by atoms with Gasteiger partial charge in [0.15, 0.2) is 5.13 Å². The average Bonchev–Trinajstić information content (AvgIpc) is 3.20. The molecule has 1 aliphatic carbocycles. The van der Waals surface area contributed by atoms with Gasteiger partial charge in [0.05, 0.1) is 21.8 Å². The van der Waals surface area contributed by atoms with Crippen LogP contribution in [0, 0.1) is 0 Å². The van der Waals surface area contributed by atoms with E-state index in [-0.39, 0.29) is 12.2 Å². The summed E-state index contributed by atoms with van der Waals surface area (Å²) in [6, 6.07) is 14.1. The normalized spacial score (nSPS) is 15.5. The maximum Gasteiger partial charge on any atom is 0.416 e. The van der Waals surface area contributed by atoms with Gasteiger partial charge in [-0.3, -0.25) is 4.98 Å². The molecule has 4 nitrogen and oxygen atoms in total. The maximum atomic E-state index is 13.4. The zero-order valence-electron chi connectivity index (χ0n) is 16.7. The van der Waals surface area contributed by atoms with Crippen molar-refractivity contribution in [2.75, 3.05) is 5.32 Å². The van der Waals surface area contributed by atoms with Gasteiger partial charge >= 0.3 is 6.18 Å². The van der Waals surface area contributed by atoms with Crippen LogP contribution < -0.4 is 5.32 Å². The molecular formula is C24H18F3N3OS. The molecule has 162 valence electrons. The van der Waals surface area contributed by atoms with E-state index in [2.05, 4.69) is 15.3 Å². The number of alkyl halides is 3. The quantitative estimate of drug-likeness (QED) is 0.352. The van der Waals surface area contributed by atoms with Crippen molar-refractivity contribution >= 4 is 37.6 Å². The third-order valence-corrected chi connectivity index (χ3v) is 6.46. The highest BCUT2D eigenvalue weighted by molar-refractivity contribution is 7.22. The van der Waals surface area contributed by atoms with Crippen LogP contribution in [-0.2, 0) is 0 Å². The highest BCUT2D eigenvalue weighted by atomic mass is 32.1. The summed E-state index contributed by atoms with van der Waals surface area (Å²) in [6.07, 6.45) is 0.231. The summed E-state index contributed by atoms with van der Waals surface area (Å²) in [5, 5.41) is 15.6. The Bertz CT molecular complexity index is 1340. The first-order chi connectivity index (χ1) is 15.4. The second-order valence-electron chi connectivity index (χ2n) is 7.56. The van der Waals surface area contributed by atoms with Crippen LogP contribution in [0.25, 0.3) is 21.1 Å². The van der Waals surface area contributed by atoms with Crippen molar-refractivity contribution in [2.24, 2.45) is 0 Å². The number of benzene rings is 2. The molecule has 0 amide bonds. The van der Waals surface area contributed by atoms with Gasteiger partial charge in [-0.25, -0.2) is 4.98 Å². The van der Waals surface area contributed by atoms with E-state index in [0.717, 1.165) is 15.6 Å². The van der Waals surface area contributed by atoms with E-state index < -0.39 is 17.8 Å². The molecule has 0 aliphatic heterocycles. The van der Waals surface area contributed by atoms with Gasteiger partial charge in [-0.05, 0) is 42.7 Å². The number of para-hydroxylation sites is 1. The first-order valence-corrected chi connectivity index (χ1v) is 10.9. The SMILES string of the molecule is Oc1c(C(Nc2nc3ccccc3s2)C2=CC(C(F)(F)F)=CCC2)ccc2cccnc12. The first kappa shape index (κ1) is 20.5. The number of fused-ring (bicyclic) bond motifs is 2. The second kappa shape index (κ2) is 7.94.